The van der Waals surface area contributed by atoms with Crippen LogP contribution in [0.1, 0.15) is 36.6 Å². The summed E-state index contributed by atoms with van der Waals surface area (Å²) in [5.74, 6) is 2.18. The van der Waals surface area contributed by atoms with Gasteiger partial charge in [-0.25, -0.2) is 4.98 Å². The average Bonchev–Trinajstić information content (AvgIpc) is 3.40. The highest BCUT2D eigenvalue weighted by Gasteiger charge is 2.34. The van der Waals surface area contributed by atoms with E-state index in [1.165, 1.54) is 0 Å². The number of nitrogens with zero attached hydrogens (tertiary/aromatic N) is 3. The molecular weight excluding hydrogens is 410 g/mol. The maximum Gasteiger partial charge on any atom is 0.227 e. The molecule has 33 heavy (non-hydrogen) atoms. The van der Waals surface area contributed by atoms with Gasteiger partial charge in [-0.3, -0.25) is 4.79 Å². The van der Waals surface area contributed by atoms with Gasteiger partial charge in [0, 0.05) is 31.1 Å². The molecule has 1 atom stereocenters. The second kappa shape index (κ2) is 9.49. The van der Waals surface area contributed by atoms with E-state index in [0.717, 1.165) is 53.2 Å². The zero-order valence-electron chi connectivity index (χ0n) is 19.0. The Labute approximate surface area is 194 Å². The van der Waals surface area contributed by atoms with Gasteiger partial charge in [0.25, 0.3) is 0 Å². The molecule has 0 unspecified atom stereocenters. The van der Waals surface area contributed by atoms with Crippen molar-refractivity contribution in [3.63, 3.8) is 0 Å². The lowest BCUT2D eigenvalue weighted by Crippen LogP contribution is -2.24. The van der Waals surface area contributed by atoms with Crippen LogP contribution in [0.25, 0.3) is 11.0 Å². The van der Waals surface area contributed by atoms with Gasteiger partial charge in [-0.1, -0.05) is 42.5 Å². The largest absolute Gasteiger partial charge is 0.494 e. The van der Waals surface area contributed by atoms with Crippen LogP contribution in [-0.2, 0) is 11.3 Å². The smallest absolute Gasteiger partial charge is 0.227 e. The molecule has 3 aromatic carbocycles. The number of carbonyl (C=O) groups excluding carboxylic acids is 1. The number of hydrogen-bond acceptors (Lipinski definition) is 3. The first kappa shape index (κ1) is 21.3. The third-order valence-corrected chi connectivity index (χ3v) is 6.28. The number of aromatic nitrogens is 2. The molecule has 0 radical (unpaired) electrons. The number of unbranched alkanes of at least 4 members (excludes halogenated alkanes) is 1. The van der Waals surface area contributed by atoms with E-state index in [4.69, 9.17) is 9.72 Å². The summed E-state index contributed by atoms with van der Waals surface area (Å²) < 4.78 is 8.17. The monoisotopic (exact) mass is 439 g/mol. The molecule has 0 aliphatic carbocycles. The molecule has 5 nitrogen and oxygen atoms in total. The molecule has 5 heteroatoms. The van der Waals surface area contributed by atoms with E-state index in [-0.39, 0.29) is 11.8 Å². The Bertz CT molecular complexity index is 1250. The van der Waals surface area contributed by atoms with Gasteiger partial charge in [0.2, 0.25) is 5.91 Å². The normalized spacial score (nSPS) is 16.0. The average molecular weight is 440 g/mol. The van der Waals surface area contributed by atoms with Gasteiger partial charge in [0.15, 0.2) is 0 Å². The third kappa shape index (κ3) is 4.63. The molecule has 1 aliphatic heterocycles. The molecule has 0 bridgehead atoms. The van der Waals surface area contributed by atoms with Crippen LogP contribution in [0.4, 0.5) is 5.69 Å². The fourth-order valence-electron chi connectivity index (χ4n) is 4.65. The van der Waals surface area contributed by atoms with Crippen LogP contribution in [0.2, 0.25) is 0 Å². The van der Waals surface area contributed by atoms with Crippen molar-refractivity contribution in [1.82, 2.24) is 9.55 Å². The molecule has 0 spiro atoms. The minimum Gasteiger partial charge on any atom is -0.494 e. The number of imidazole rings is 1. The quantitative estimate of drug-likeness (QED) is 0.330. The van der Waals surface area contributed by atoms with Crippen molar-refractivity contribution in [2.75, 3.05) is 18.1 Å². The van der Waals surface area contributed by atoms with Gasteiger partial charge in [-0.05, 0) is 61.7 Å². The second-order valence-corrected chi connectivity index (χ2v) is 8.72. The standard InChI is InChI=1S/C28H29N3O2/c1-21-10-9-11-23(18-21)31-20-22(19-27(31)32)28-29-25-14-5-6-15-26(25)30(28)16-7-8-17-33-24-12-3-2-4-13-24/h2-6,9-15,18,22H,7-8,16-17,19-20H2,1H3/t22-/m1/s1. The van der Waals surface area contributed by atoms with Crippen molar-refractivity contribution in [3.8, 4) is 5.75 Å². The fourth-order valence-corrected chi connectivity index (χ4v) is 4.65. The van der Waals surface area contributed by atoms with Crippen molar-refractivity contribution in [2.24, 2.45) is 0 Å². The molecule has 1 amide bonds. The van der Waals surface area contributed by atoms with E-state index >= 15 is 0 Å². The van der Waals surface area contributed by atoms with E-state index in [1.54, 1.807) is 0 Å². The van der Waals surface area contributed by atoms with Crippen LogP contribution >= 0.6 is 0 Å². The van der Waals surface area contributed by atoms with Crippen molar-refractivity contribution in [2.45, 2.75) is 38.6 Å². The second-order valence-electron chi connectivity index (χ2n) is 8.72. The Kier molecular flexibility index (Phi) is 6.11. The minimum absolute atomic E-state index is 0.0889. The Hall–Kier alpha value is -3.60. The number of amides is 1. The van der Waals surface area contributed by atoms with Gasteiger partial charge in [-0.2, -0.15) is 0 Å². The molecule has 4 aromatic rings. The number of aryl methyl sites for hydroxylation is 2. The summed E-state index contributed by atoms with van der Waals surface area (Å²) in [6.07, 6.45) is 2.44. The van der Waals surface area contributed by atoms with Gasteiger partial charge in [0.05, 0.1) is 17.6 Å². The highest BCUT2D eigenvalue weighted by molar-refractivity contribution is 5.96. The van der Waals surface area contributed by atoms with Crippen LogP contribution < -0.4 is 9.64 Å². The first-order valence-electron chi connectivity index (χ1n) is 11.7. The van der Waals surface area contributed by atoms with Crippen molar-refractivity contribution in [3.05, 3.63) is 90.3 Å². The van der Waals surface area contributed by atoms with E-state index < -0.39 is 0 Å². The molecule has 1 saturated heterocycles. The van der Waals surface area contributed by atoms with Crippen molar-refractivity contribution >= 4 is 22.6 Å². The number of hydrogen-bond donors (Lipinski definition) is 0. The Morgan fingerprint density at radius 2 is 1.79 bits per heavy atom. The van der Waals surface area contributed by atoms with E-state index in [0.29, 0.717) is 19.6 Å². The van der Waals surface area contributed by atoms with Crippen LogP contribution in [0.5, 0.6) is 5.75 Å². The predicted octanol–water partition coefficient (Wildman–Crippen LogP) is 5.72. The first-order chi connectivity index (χ1) is 16.2. The van der Waals surface area contributed by atoms with Crippen LogP contribution in [0.15, 0.2) is 78.9 Å². The van der Waals surface area contributed by atoms with Gasteiger partial charge >= 0.3 is 0 Å². The molecule has 1 aliphatic rings. The molecule has 0 N–H and O–H groups in total. The van der Waals surface area contributed by atoms with Gasteiger partial charge in [0.1, 0.15) is 11.6 Å². The van der Waals surface area contributed by atoms with E-state index in [1.807, 2.05) is 53.4 Å². The van der Waals surface area contributed by atoms with Crippen LogP contribution in [-0.4, -0.2) is 28.6 Å². The molecule has 168 valence electrons. The minimum atomic E-state index is 0.0889. The van der Waals surface area contributed by atoms with Crippen molar-refractivity contribution < 1.29 is 9.53 Å². The lowest BCUT2D eigenvalue weighted by Gasteiger charge is -2.18. The molecule has 2 heterocycles. The summed E-state index contributed by atoms with van der Waals surface area (Å²) in [6, 6.07) is 26.4. The van der Waals surface area contributed by atoms with Crippen LogP contribution in [0.3, 0.4) is 0 Å². The molecule has 1 aromatic heterocycles. The molecule has 5 rings (SSSR count). The van der Waals surface area contributed by atoms with Gasteiger partial charge < -0.3 is 14.2 Å². The summed E-state index contributed by atoms with van der Waals surface area (Å²) in [6.45, 7) is 4.28. The predicted molar refractivity (Wildman–Crippen MR) is 132 cm³/mol. The number of ether oxygens (including phenoxy) is 1. The van der Waals surface area contributed by atoms with Gasteiger partial charge in [-0.15, -0.1) is 0 Å². The Balaban J connectivity index is 1.31. The third-order valence-electron chi connectivity index (χ3n) is 6.28. The summed E-state index contributed by atoms with van der Waals surface area (Å²) in [4.78, 5) is 19.8. The molecular formula is C28H29N3O2. The molecule has 1 fully saturated rings. The number of para-hydroxylation sites is 3. The fraction of sp³-hybridized carbons (Fsp3) is 0.286. The number of benzene rings is 3. The SMILES string of the molecule is Cc1cccc(N2C[C@H](c3nc4ccccc4n3CCCCOc3ccccc3)CC2=O)c1. The summed E-state index contributed by atoms with van der Waals surface area (Å²) in [5.41, 5.74) is 4.27. The maximum atomic E-state index is 12.9. The lowest BCUT2D eigenvalue weighted by atomic mass is 10.1. The van der Waals surface area contributed by atoms with Crippen molar-refractivity contribution in [1.29, 1.82) is 0 Å². The molecule has 0 saturated carbocycles. The highest BCUT2D eigenvalue weighted by atomic mass is 16.5. The first-order valence-corrected chi connectivity index (χ1v) is 11.7. The summed E-state index contributed by atoms with van der Waals surface area (Å²) >= 11 is 0. The number of carbonyl (C=O) groups is 1. The Morgan fingerprint density at radius 1 is 0.970 bits per heavy atom. The van der Waals surface area contributed by atoms with E-state index in [9.17, 15) is 4.79 Å². The zero-order valence-corrected chi connectivity index (χ0v) is 19.0. The number of fused-ring (bicyclic) bond motifs is 1. The highest BCUT2D eigenvalue weighted by Crippen LogP contribution is 2.33. The summed E-state index contributed by atoms with van der Waals surface area (Å²) in [5, 5.41) is 0. The number of anilines is 1. The maximum absolute atomic E-state index is 12.9. The zero-order chi connectivity index (χ0) is 22.6. The van der Waals surface area contributed by atoms with Crippen LogP contribution in [0, 0.1) is 6.92 Å². The summed E-state index contributed by atoms with van der Waals surface area (Å²) in [7, 11) is 0. The Morgan fingerprint density at radius 3 is 2.64 bits per heavy atom. The topological polar surface area (TPSA) is 47.4 Å². The lowest BCUT2D eigenvalue weighted by molar-refractivity contribution is -0.117. The number of rotatable bonds is 8. The van der Waals surface area contributed by atoms with E-state index in [2.05, 4.69) is 41.8 Å².